The minimum atomic E-state index is 0. The van der Waals surface area contributed by atoms with Crippen LogP contribution in [0.5, 0.6) is 0 Å². The van der Waals surface area contributed by atoms with Crippen molar-refractivity contribution in [3.05, 3.63) is 35.9 Å². The third-order valence-corrected chi connectivity index (χ3v) is 2.69. The first-order valence-electron chi connectivity index (χ1n) is 5.30. The fourth-order valence-electron chi connectivity index (χ4n) is 1.61. The molecule has 0 fully saturated rings. The van der Waals surface area contributed by atoms with Crippen LogP contribution in [0.4, 0.5) is 0 Å². The van der Waals surface area contributed by atoms with Crippen molar-refractivity contribution in [1.82, 2.24) is 0 Å². The molecule has 0 amide bonds. The van der Waals surface area contributed by atoms with E-state index in [1.165, 1.54) is 12.0 Å². The molecule has 0 bridgehead atoms. The first kappa shape index (κ1) is 14.8. The molecule has 0 radical (unpaired) electrons. The molecule has 1 unspecified atom stereocenters. The molecule has 3 heteroatoms. The molecule has 1 nitrogen and oxygen atoms in total. The van der Waals surface area contributed by atoms with Gasteiger partial charge >= 0.3 is 0 Å². The fourth-order valence-corrected chi connectivity index (χ4v) is 1.74. The van der Waals surface area contributed by atoms with E-state index in [1.807, 2.05) is 0 Å². The quantitative estimate of drug-likeness (QED) is 0.610. The Balaban J connectivity index is 0.00000196. The van der Waals surface area contributed by atoms with E-state index in [2.05, 4.69) is 42.6 Å². The molecule has 0 heterocycles. The fraction of sp³-hybridized carbons (Fsp3) is 0.500. The van der Waals surface area contributed by atoms with E-state index in [0.29, 0.717) is 6.04 Å². The highest BCUT2D eigenvalue weighted by Crippen LogP contribution is 2.02. The molecule has 0 aliphatic rings. The largest absolute Gasteiger partial charge is 1.00 e. The van der Waals surface area contributed by atoms with E-state index in [1.54, 1.807) is 0 Å². The van der Waals surface area contributed by atoms with E-state index >= 15 is 0 Å². The maximum Gasteiger partial charge on any atom is 0.0897 e. The van der Waals surface area contributed by atoms with Gasteiger partial charge in [-0.1, -0.05) is 37.3 Å². The number of quaternary nitrogens is 1. The summed E-state index contributed by atoms with van der Waals surface area (Å²) in [6.45, 7) is 3.26. The lowest BCUT2D eigenvalue weighted by molar-refractivity contribution is -0.685. The highest BCUT2D eigenvalue weighted by Gasteiger charge is 2.08. The van der Waals surface area contributed by atoms with E-state index in [9.17, 15) is 0 Å². The number of hydrogen-bond donors (Lipinski definition) is 1. The molecule has 0 aliphatic carbocycles. The van der Waals surface area contributed by atoms with Gasteiger partial charge in [-0.25, -0.2) is 0 Å². The molecule has 1 aromatic rings. The van der Waals surface area contributed by atoms with Gasteiger partial charge in [-0.05, 0) is 12.0 Å². The van der Waals surface area contributed by atoms with Crippen LogP contribution in [0.15, 0.2) is 30.3 Å². The summed E-state index contributed by atoms with van der Waals surface area (Å²) in [7, 11) is 0. The molecular formula is C12H19Cl2N. The number of nitrogens with two attached hydrogens (primary N) is 1. The standard InChI is InChI=1S/C12H18ClN.ClH/c1-2-12(14-9-8-13)10-11-6-4-3-5-7-11;/h3-7,12,14H,2,8-10H2,1H3;1H. The Bertz CT molecular complexity index is 239. The minimum Gasteiger partial charge on any atom is -1.00 e. The zero-order valence-corrected chi connectivity index (χ0v) is 10.6. The summed E-state index contributed by atoms with van der Waals surface area (Å²) in [6.07, 6.45) is 2.35. The number of halogens is 2. The molecule has 0 spiro atoms. The third kappa shape index (κ3) is 6.03. The topological polar surface area (TPSA) is 16.6 Å². The monoisotopic (exact) mass is 247 g/mol. The molecule has 1 rings (SSSR count). The van der Waals surface area contributed by atoms with Crippen molar-refractivity contribution in [2.24, 2.45) is 0 Å². The van der Waals surface area contributed by atoms with Crippen molar-refractivity contribution >= 4 is 11.6 Å². The second kappa shape index (κ2) is 9.02. The van der Waals surface area contributed by atoms with Crippen molar-refractivity contribution in [3.8, 4) is 0 Å². The molecule has 1 aromatic carbocycles. The Kier molecular flexibility index (Phi) is 8.88. The van der Waals surface area contributed by atoms with Crippen molar-refractivity contribution in [2.75, 3.05) is 12.4 Å². The van der Waals surface area contributed by atoms with Crippen LogP contribution in [0.2, 0.25) is 0 Å². The smallest absolute Gasteiger partial charge is 0.0897 e. The van der Waals surface area contributed by atoms with Crippen LogP contribution in [0.3, 0.4) is 0 Å². The van der Waals surface area contributed by atoms with Gasteiger partial charge in [-0.2, -0.15) is 0 Å². The summed E-state index contributed by atoms with van der Waals surface area (Å²) in [6, 6.07) is 11.3. The lowest BCUT2D eigenvalue weighted by atomic mass is 10.0. The van der Waals surface area contributed by atoms with E-state index in [-0.39, 0.29) is 12.4 Å². The molecule has 15 heavy (non-hydrogen) atoms. The summed E-state index contributed by atoms with van der Waals surface area (Å²) in [5.41, 5.74) is 1.42. The molecule has 2 N–H and O–H groups in total. The van der Waals surface area contributed by atoms with Crippen LogP contribution in [-0.2, 0) is 6.42 Å². The predicted molar refractivity (Wildman–Crippen MR) is 61.7 cm³/mol. The molecule has 0 aromatic heterocycles. The summed E-state index contributed by atoms with van der Waals surface area (Å²) < 4.78 is 0. The average Bonchev–Trinajstić information content (AvgIpc) is 2.25. The summed E-state index contributed by atoms with van der Waals surface area (Å²) in [5.74, 6) is 0.741. The highest BCUT2D eigenvalue weighted by atomic mass is 35.5. The second-order valence-corrected chi connectivity index (χ2v) is 3.95. The normalized spacial score (nSPS) is 11.9. The zero-order chi connectivity index (χ0) is 10.2. The van der Waals surface area contributed by atoms with Crippen LogP contribution in [0, 0.1) is 0 Å². The first-order valence-corrected chi connectivity index (χ1v) is 5.83. The summed E-state index contributed by atoms with van der Waals surface area (Å²) in [4.78, 5) is 0. The van der Waals surface area contributed by atoms with Gasteiger partial charge in [-0.3, -0.25) is 0 Å². The highest BCUT2D eigenvalue weighted by molar-refractivity contribution is 6.17. The lowest BCUT2D eigenvalue weighted by Gasteiger charge is -2.12. The Morgan fingerprint density at radius 2 is 1.93 bits per heavy atom. The number of rotatable bonds is 6. The molecule has 0 saturated heterocycles. The van der Waals surface area contributed by atoms with Crippen molar-refractivity contribution in [2.45, 2.75) is 25.8 Å². The average molecular weight is 248 g/mol. The molecule has 86 valence electrons. The van der Waals surface area contributed by atoms with Gasteiger partial charge < -0.3 is 17.7 Å². The van der Waals surface area contributed by atoms with E-state index in [0.717, 1.165) is 18.8 Å². The minimum absolute atomic E-state index is 0. The van der Waals surface area contributed by atoms with Crippen molar-refractivity contribution in [1.29, 1.82) is 0 Å². The molecule has 0 aliphatic heterocycles. The maximum absolute atomic E-state index is 5.67. The summed E-state index contributed by atoms with van der Waals surface area (Å²) >= 11 is 5.67. The van der Waals surface area contributed by atoms with Crippen LogP contribution >= 0.6 is 11.6 Å². The SMILES string of the molecule is CCC(Cc1ccccc1)[NH2+]CCCl.[Cl-]. The van der Waals surface area contributed by atoms with Crippen molar-refractivity contribution < 1.29 is 17.7 Å². The van der Waals surface area contributed by atoms with Gasteiger partial charge in [0.25, 0.3) is 0 Å². The molecule has 0 saturated carbocycles. The van der Waals surface area contributed by atoms with Gasteiger partial charge in [0.1, 0.15) is 0 Å². The lowest BCUT2D eigenvalue weighted by Crippen LogP contribution is -3.00. The second-order valence-electron chi connectivity index (χ2n) is 3.57. The number of hydrogen-bond acceptors (Lipinski definition) is 0. The van der Waals surface area contributed by atoms with Crippen LogP contribution in [0.1, 0.15) is 18.9 Å². The van der Waals surface area contributed by atoms with Gasteiger partial charge in [-0.15, -0.1) is 11.6 Å². The Morgan fingerprint density at radius 1 is 1.27 bits per heavy atom. The van der Waals surface area contributed by atoms with Gasteiger partial charge in [0.05, 0.1) is 18.5 Å². The maximum atomic E-state index is 5.67. The van der Waals surface area contributed by atoms with Crippen LogP contribution in [-0.4, -0.2) is 18.5 Å². The number of alkyl halides is 1. The zero-order valence-electron chi connectivity index (χ0n) is 9.13. The number of benzene rings is 1. The third-order valence-electron chi connectivity index (χ3n) is 2.47. The predicted octanol–water partition coefficient (Wildman–Crippen LogP) is -1.19. The van der Waals surface area contributed by atoms with Gasteiger partial charge in [0.15, 0.2) is 0 Å². The van der Waals surface area contributed by atoms with E-state index < -0.39 is 0 Å². The Morgan fingerprint density at radius 3 is 2.47 bits per heavy atom. The molecule has 1 atom stereocenters. The summed E-state index contributed by atoms with van der Waals surface area (Å²) in [5, 5.41) is 2.35. The van der Waals surface area contributed by atoms with Crippen LogP contribution in [0.25, 0.3) is 0 Å². The van der Waals surface area contributed by atoms with Gasteiger partial charge in [0.2, 0.25) is 0 Å². The Hall–Kier alpha value is -0.240. The van der Waals surface area contributed by atoms with Crippen molar-refractivity contribution in [3.63, 3.8) is 0 Å². The van der Waals surface area contributed by atoms with E-state index in [4.69, 9.17) is 11.6 Å². The first-order chi connectivity index (χ1) is 6.86. The van der Waals surface area contributed by atoms with Crippen LogP contribution < -0.4 is 17.7 Å². The van der Waals surface area contributed by atoms with Gasteiger partial charge in [0, 0.05) is 6.42 Å². The molecular weight excluding hydrogens is 229 g/mol. The Labute approximate surface area is 104 Å².